The number of methoxy groups -OCH3 is 1. The van der Waals surface area contributed by atoms with Gasteiger partial charge in [0.05, 0.1) is 12.9 Å². The molecule has 10 heavy (non-hydrogen) atoms. The van der Waals surface area contributed by atoms with Crippen molar-refractivity contribution in [2.45, 2.75) is 0 Å². The standard InChI is InChI=1S/C8H9O.Zn/c1-7-4-3-5-8(6-7)9-2;/h3-6H,1H2,2H3;/q-1;. The maximum absolute atomic E-state index is 4.96. The Balaban J connectivity index is 0.000000810. The summed E-state index contributed by atoms with van der Waals surface area (Å²) in [6.07, 6.45) is 0. The fourth-order valence-corrected chi connectivity index (χ4v) is 0.672. The topological polar surface area (TPSA) is 9.23 Å². The first-order valence-corrected chi connectivity index (χ1v) is 2.79. The van der Waals surface area contributed by atoms with Gasteiger partial charge in [0.25, 0.3) is 0 Å². The van der Waals surface area contributed by atoms with E-state index in [0.717, 1.165) is 11.3 Å². The van der Waals surface area contributed by atoms with Crippen molar-refractivity contribution in [3.8, 4) is 5.75 Å². The van der Waals surface area contributed by atoms with Gasteiger partial charge in [0, 0.05) is 19.5 Å². The number of hydrogen-bond acceptors (Lipinski definition) is 1. The largest absolute Gasteiger partial charge is 0.510 e. The third-order valence-corrected chi connectivity index (χ3v) is 1.13. The summed E-state index contributed by atoms with van der Waals surface area (Å²) in [5.41, 5.74) is 0.981. The second-order valence-electron chi connectivity index (χ2n) is 1.85. The summed E-state index contributed by atoms with van der Waals surface area (Å²) in [5.74, 6) is 0.863. The van der Waals surface area contributed by atoms with Gasteiger partial charge in [-0.15, -0.1) is 12.1 Å². The molecule has 0 radical (unpaired) electrons. The van der Waals surface area contributed by atoms with Crippen LogP contribution in [0.15, 0.2) is 24.3 Å². The molecule has 0 amide bonds. The van der Waals surface area contributed by atoms with Crippen LogP contribution in [0.1, 0.15) is 5.56 Å². The molecule has 1 aromatic carbocycles. The van der Waals surface area contributed by atoms with Crippen molar-refractivity contribution in [1.29, 1.82) is 0 Å². The molecule has 2 heteroatoms. The van der Waals surface area contributed by atoms with E-state index >= 15 is 0 Å². The number of rotatable bonds is 1. The molecule has 0 aliphatic carbocycles. The Morgan fingerprint density at radius 1 is 1.40 bits per heavy atom. The van der Waals surface area contributed by atoms with Crippen molar-refractivity contribution < 1.29 is 24.2 Å². The fraction of sp³-hybridized carbons (Fsp3) is 0.125. The minimum absolute atomic E-state index is 0. The summed E-state index contributed by atoms with van der Waals surface area (Å²) < 4.78 is 4.96. The van der Waals surface area contributed by atoms with E-state index in [1.54, 1.807) is 7.11 Å². The zero-order valence-electron chi connectivity index (χ0n) is 6.13. The SMILES string of the molecule is [CH2-]c1cccc(OC)c1.[Zn]. The molecule has 50 valence electrons. The van der Waals surface area contributed by atoms with Crippen molar-refractivity contribution in [2.75, 3.05) is 7.11 Å². The molecule has 0 saturated carbocycles. The van der Waals surface area contributed by atoms with E-state index in [-0.39, 0.29) is 19.5 Å². The second-order valence-corrected chi connectivity index (χ2v) is 1.85. The van der Waals surface area contributed by atoms with E-state index in [1.807, 2.05) is 24.3 Å². The van der Waals surface area contributed by atoms with Crippen LogP contribution >= 0.6 is 0 Å². The molecule has 0 heterocycles. The molecule has 0 aliphatic rings. The molecule has 0 aromatic heterocycles. The van der Waals surface area contributed by atoms with E-state index in [1.165, 1.54) is 0 Å². The van der Waals surface area contributed by atoms with Gasteiger partial charge < -0.3 is 4.74 Å². The average Bonchev–Trinajstić information content (AvgIpc) is 1.88. The van der Waals surface area contributed by atoms with Gasteiger partial charge in [-0.1, -0.05) is 0 Å². The third kappa shape index (κ3) is 2.40. The first-order valence-electron chi connectivity index (χ1n) is 2.79. The Bertz CT molecular complexity index is 198. The van der Waals surface area contributed by atoms with Crippen LogP contribution in [-0.2, 0) is 19.5 Å². The predicted molar refractivity (Wildman–Crippen MR) is 37.5 cm³/mol. The molecule has 0 atom stereocenters. The third-order valence-electron chi connectivity index (χ3n) is 1.13. The normalized spacial score (nSPS) is 8.10. The Kier molecular flexibility index (Phi) is 4.14. The summed E-state index contributed by atoms with van der Waals surface area (Å²) in [6, 6.07) is 7.64. The zero-order valence-corrected chi connectivity index (χ0v) is 9.10. The van der Waals surface area contributed by atoms with Gasteiger partial charge in [-0.2, -0.15) is 18.6 Å². The van der Waals surface area contributed by atoms with E-state index in [0.29, 0.717) is 0 Å². The van der Waals surface area contributed by atoms with E-state index < -0.39 is 0 Å². The van der Waals surface area contributed by atoms with Crippen molar-refractivity contribution in [2.24, 2.45) is 0 Å². The van der Waals surface area contributed by atoms with Gasteiger partial charge in [0.1, 0.15) is 0 Å². The Morgan fingerprint density at radius 3 is 2.50 bits per heavy atom. The smallest absolute Gasteiger partial charge is 0.0759 e. The van der Waals surface area contributed by atoms with Gasteiger partial charge in [-0.25, -0.2) is 0 Å². The molecular formula is C8H9OZn-. The quantitative estimate of drug-likeness (QED) is 0.481. The molecule has 0 unspecified atom stereocenters. The van der Waals surface area contributed by atoms with Crippen LogP contribution in [0.25, 0.3) is 0 Å². The zero-order chi connectivity index (χ0) is 6.69. The van der Waals surface area contributed by atoms with Gasteiger partial charge in [-0.3, -0.25) is 0 Å². The maximum atomic E-state index is 4.96. The number of ether oxygens (including phenoxy) is 1. The first kappa shape index (κ1) is 9.51. The summed E-state index contributed by atoms with van der Waals surface area (Å²) in [5, 5.41) is 0. The Morgan fingerprint density at radius 2 is 2.10 bits per heavy atom. The minimum Gasteiger partial charge on any atom is -0.510 e. The molecule has 1 aromatic rings. The van der Waals surface area contributed by atoms with Crippen LogP contribution in [0, 0.1) is 6.92 Å². The molecule has 0 saturated heterocycles. The van der Waals surface area contributed by atoms with E-state index in [2.05, 4.69) is 6.92 Å². The van der Waals surface area contributed by atoms with Gasteiger partial charge in [-0.05, 0) is 6.07 Å². The average molecular weight is 187 g/mol. The second kappa shape index (κ2) is 4.35. The summed E-state index contributed by atoms with van der Waals surface area (Å²) in [7, 11) is 1.65. The van der Waals surface area contributed by atoms with Crippen LogP contribution in [0.4, 0.5) is 0 Å². The van der Waals surface area contributed by atoms with Crippen molar-refractivity contribution >= 4 is 0 Å². The molecule has 0 spiro atoms. The number of benzene rings is 1. The molecule has 0 aliphatic heterocycles. The maximum Gasteiger partial charge on any atom is 0.0759 e. The molecule has 1 rings (SSSR count). The van der Waals surface area contributed by atoms with Crippen LogP contribution in [0.5, 0.6) is 5.75 Å². The molecule has 0 bridgehead atoms. The van der Waals surface area contributed by atoms with E-state index in [9.17, 15) is 0 Å². The summed E-state index contributed by atoms with van der Waals surface area (Å²) >= 11 is 0. The van der Waals surface area contributed by atoms with E-state index in [4.69, 9.17) is 4.74 Å². The van der Waals surface area contributed by atoms with Crippen molar-refractivity contribution in [1.82, 2.24) is 0 Å². The van der Waals surface area contributed by atoms with Crippen LogP contribution < -0.4 is 4.74 Å². The van der Waals surface area contributed by atoms with Crippen molar-refractivity contribution in [3.63, 3.8) is 0 Å². The summed E-state index contributed by atoms with van der Waals surface area (Å²) in [4.78, 5) is 0. The van der Waals surface area contributed by atoms with Gasteiger partial charge in [0.15, 0.2) is 0 Å². The molecule has 0 N–H and O–H groups in total. The van der Waals surface area contributed by atoms with Crippen LogP contribution in [-0.4, -0.2) is 7.11 Å². The Hall–Kier alpha value is -0.487. The summed E-state index contributed by atoms with van der Waals surface area (Å²) in [6.45, 7) is 3.75. The molecular weight excluding hydrogens is 177 g/mol. The van der Waals surface area contributed by atoms with Gasteiger partial charge >= 0.3 is 0 Å². The van der Waals surface area contributed by atoms with Crippen molar-refractivity contribution in [3.05, 3.63) is 36.8 Å². The predicted octanol–water partition coefficient (Wildman–Crippen LogP) is 1.87. The van der Waals surface area contributed by atoms with Crippen LogP contribution in [0.2, 0.25) is 0 Å². The number of hydrogen-bond donors (Lipinski definition) is 0. The monoisotopic (exact) mass is 185 g/mol. The fourth-order valence-electron chi connectivity index (χ4n) is 0.672. The molecule has 0 fully saturated rings. The van der Waals surface area contributed by atoms with Gasteiger partial charge in [0.2, 0.25) is 0 Å². The Labute approximate surface area is 74.2 Å². The first-order chi connectivity index (χ1) is 4.33. The van der Waals surface area contributed by atoms with Crippen LogP contribution in [0.3, 0.4) is 0 Å². The molecule has 1 nitrogen and oxygen atoms in total. The minimum atomic E-state index is 0.